The maximum atomic E-state index is 11.8. The first-order valence-corrected chi connectivity index (χ1v) is 15.3. The first-order valence-electron chi connectivity index (χ1n) is 15.3. The second-order valence-electron chi connectivity index (χ2n) is 11.3. The molecule has 5 heteroatoms. The summed E-state index contributed by atoms with van der Waals surface area (Å²) in [7, 11) is 0. The van der Waals surface area contributed by atoms with Gasteiger partial charge in [0.25, 0.3) is 0 Å². The maximum absolute atomic E-state index is 11.8. The van der Waals surface area contributed by atoms with E-state index in [4.69, 9.17) is 9.47 Å². The molecule has 0 fully saturated rings. The van der Waals surface area contributed by atoms with Crippen molar-refractivity contribution in [3.05, 3.63) is 0 Å². The molecule has 0 amide bonds. The van der Waals surface area contributed by atoms with E-state index in [9.17, 15) is 14.7 Å². The molecule has 36 heavy (non-hydrogen) atoms. The molecule has 1 N–H and O–H groups in total. The highest BCUT2D eigenvalue weighted by Crippen LogP contribution is 2.15. The summed E-state index contributed by atoms with van der Waals surface area (Å²) in [6, 6.07) is 0. The van der Waals surface area contributed by atoms with E-state index in [-0.39, 0.29) is 25.2 Å². The van der Waals surface area contributed by atoms with Gasteiger partial charge < -0.3 is 14.6 Å². The molecular weight excluding hydrogens is 452 g/mol. The third-order valence-electron chi connectivity index (χ3n) is 7.06. The van der Waals surface area contributed by atoms with Crippen LogP contribution in [0.5, 0.6) is 0 Å². The molecule has 0 heterocycles. The molecular formula is C31H60O5. The van der Waals surface area contributed by atoms with Crippen LogP contribution in [0.15, 0.2) is 0 Å². The predicted molar refractivity (Wildman–Crippen MR) is 150 cm³/mol. The summed E-state index contributed by atoms with van der Waals surface area (Å²) in [6.45, 7) is 8.91. The van der Waals surface area contributed by atoms with Gasteiger partial charge in [-0.2, -0.15) is 0 Å². The number of ether oxygens (including phenoxy) is 2. The van der Waals surface area contributed by atoms with E-state index in [1.165, 1.54) is 77.0 Å². The van der Waals surface area contributed by atoms with Crippen LogP contribution in [0, 0.1) is 11.8 Å². The molecule has 0 aromatic heterocycles. The molecule has 214 valence electrons. The Balaban J connectivity index is 3.46. The van der Waals surface area contributed by atoms with Crippen molar-refractivity contribution in [3.63, 3.8) is 0 Å². The van der Waals surface area contributed by atoms with Crippen LogP contribution in [-0.4, -0.2) is 36.4 Å². The van der Waals surface area contributed by atoms with E-state index in [1.54, 1.807) is 0 Å². The van der Waals surface area contributed by atoms with E-state index in [0.29, 0.717) is 12.8 Å². The Kier molecular flexibility index (Phi) is 24.8. The lowest BCUT2D eigenvalue weighted by Gasteiger charge is -2.12. The highest BCUT2D eigenvalue weighted by Gasteiger charge is 2.12. The lowest BCUT2D eigenvalue weighted by Crippen LogP contribution is -2.25. The summed E-state index contributed by atoms with van der Waals surface area (Å²) in [6.07, 6.45) is 21.5. The van der Waals surface area contributed by atoms with Crippen LogP contribution in [0.1, 0.15) is 156 Å². The number of hydrogen-bond donors (Lipinski definition) is 1. The van der Waals surface area contributed by atoms with Crippen molar-refractivity contribution in [2.24, 2.45) is 11.8 Å². The number of unbranched alkanes of at least 4 members (excludes halogenated alkanes) is 13. The van der Waals surface area contributed by atoms with Crippen LogP contribution in [-0.2, 0) is 19.1 Å². The maximum Gasteiger partial charge on any atom is 0.305 e. The largest absolute Gasteiger partial charge is 0.463 e. The van der Waals surface area contributed by atoms with Crippen molar-refractivity contribution < 1.29 is 24.2 Å². The minimum Gasteiger partial charge on any atom is -0.463 e. The molecule has 0 saturated carbocycles. The van der Waals surface area contributed by atoms with Crippen LogP contribution in [0.2, 0.25) is 0 Å². The fourth-order valence-corrected chi connectivity index (χ4v) is 4.30. The van der Waals surface area contributed by atoms with Gasteiger partial charge >= 0.3 is 11.9 Å². The number of aliphatic hydroxyl groups excluding tert-OH is 1. The second kappa shape index (κ2) is 25.5. The molecule has 1 unspecified atom stereocenters. The van der Waals surface area contributed by atoms with E-state index in [0.717, 1.165) is 50.4 Å². The van der Waals surface area contributed by atoms with E-state index >= 15 is 0 Å². The van der Waals surface area contributed by atoms with Crippen LogP contribution in [0.25, 0.3) is 0 Å². The Morgan fingerprint density at radius 2 is 0.944 bits per heavy atom. The molecule has 0 rings (SSSR count). The Morgan fingerprint density at radius 3 is 1.33 bits per heavy atom. The standard InChI is InChI=1S/C31H60O5/c1-5-28(4)22-18-14-10-6-7-11-15-19-23-30(33)35-25-29(32)26-36-31(34)24-20-16-12-8-9-13-17-21-27(2)3/h27-29,32H,5-26H2,1-4H3/t28?,29-/m1/s1. The van der Waals surface area contributed by atoms with Crippen LogP contribution in [0.4, 0.5) is 0 Å². The van der Waals surface area contributed by atoms with Crippen molar-refractivity contribution in [1.82, 2.24) is 0 Å². The summed E-state index contributed by atoms with van der Waals surface area (Å²) < 4.78 is 10.2. The van der Waals surface area contributed by atoms with Gasteiger partial charge in [0.2, 0.25) is 0 Å². The number of carbonyl (C=O) groups excluding carboxylic acids is 2. The second-order valence-corrected chi connectivity index (χ2v) is 11.3. The molecule has 0 aromatic rings. The van der Waals surface area contributed by atoms with Gasteiger partial charge in [-0.05, 0) is 24.7 Å². The lowest BCUT2D eigenvalue weighted by molar-refractivity contribution is -0.152. The van der Waals surface area contributed by atoms with Gasteiger partial charge in [0.15, 0.2) is 0 Å². The van der Waals surface area contributed by atoms with E-state index < -0.39 is 6.10 Å². The zero-order chi connectivity index (χ0) is 26.9. The van der Waals surface area contributed by atoms with Gasteiger partial charge in [0.1, 0.15) is 19.3 Å². The van der Waals surface area contributed by atoms with Crippen molar-refractivity contribution in [3.8, 4) is 0 Å². The van der Waals surface area contributed by atoms with Crippen LogP contribution >= 0.6 is 0 Å². The number of rotatable bonds is 26. The highest BCUT2D eigenvalue weighted by atomic mass is 16.6. The Morgan fingerprint density at radius 1 is 0.583 bits per heavy atom. The average molecular weight is 513 g/mol. The normalized spacial score (nSPS) is 13.1. The number of carbonyl (C=O) groups is 2. The first kappa shape index (κ1) is 34.9. The third kappa shape index (κ3) is 26.0. The van der Waals surface area contributed by atoms with Crippen molar-refractivity contribution in [2.75, 3.05) is 13.2 Å². The predicted octanol–water partition coefficient (Wildman–Crippen LogP) is 8.55. The minimum atomic E-state index is -0.955. The zero-order valence-corrected chi connectivity index (χ0v) is 24.4. The quantitative estimate of drug-likeness (QED) is 0.0928. The monoisotopic (exact) mass is 512 g/mol. The molecule has 0 aromatic carbocycles. The van der Waals surface area contributed by atoms with Crippen LogP contribution < -0.4 is 0 Å². The molecule has 0 saturated heterocycles. The van der Waals surface area contributed by atoms with Gasteiger partial charge in [-0.1, -0.05) is 130 Å². The summed E-state index contributed by atoms with van der Waals surface area (Å²) in [5.41, 5.74) is 0. The number of esters is 2. The molecule has 0 aliphatic rings. The minimum absolute atomic E-state index is 0.112. The molecule has 2 atom stereocenters. The zero-order valence-electron chi connectivity index (χ0n) is 24.4. The summed E-state index contributed by atoms with van der Waals surface area (Å²) in [5, 5.41) is 9.91. The fourth-order valence-electron chi connectivity index (χ4n) is 4.30. The Labute approximate surface area is 223 Å². The van der Waals surface area contributed by atoms with Crippen molar-refractivity contribution in [1.29, 1.82) is 0 Å². The summed E-state index contributed by atoms with van der Waals surface area (Å²) >= 11 is 0. The van der Waals surface area contributed by atoms with Crippen molar-refractivity contribution in [2.45, 2.75) is 162 Å². The molecule has 0 aliphatic heterocycles. The van der Waals surface area contributed by atoms with E-state index in [1.807, 2.05) is 0 Å². The molecule has 0 aliphatic carbocycles. The summed E-state index contributed by atoms with van der Waals surface area (Å²) in [4.78, 5) is 23.7. The summed E-state index contributed by atoms with van der Waals surface area (Å²) in [5.74, 6) is 1.09. The van der Waals surface area contributed by atoms with Gasteiger partial charge in [-0.3, -0.25) is 9.59 Å². The average Bonchev–Trinajstić information content (AvgIpc) is 2.85. The van der Waals surface area contributed by atoms with Gasteiger partial charge in [-0.15, -0.1) is 0 Å². The Bertz CT molecular complexity index is 505. The van der Waals surface area contributed by atoms with Gasteiger partial charge in [0.05, 0.1) is 0 Å². The SMILES string of the molecule is CCC(C)CCCCCCCCCCC(=O)OC[C@@H](O)COC(=O)CCCCCCCCCC(C)C. The highest BCUT2D eigenvalue weighted by molar-refractivity contribution is 5.69. The third-order valence-corrected chi connectivity index (χ3v) is 7.06. The Hall–Kier alpha value is -1.10. The fraction of sp³-hybridized carbons (Fsp3) is 0.935. The van der Waals surface area contributed by atoms with Crippen LogP contribution in [0.3, 0.4) is 0 Å². The topological polar surface area (TPSA) is 72.8 Å². The molecule has 0 spiro atoms. The molecule has 5 nitrogen and oxygen atoms in total. The first-order chi connectivity index (χ1) is 17.3. The lowest BCUT2D eigenvalue weighted by atomic mass is 9.99. The van der Waals surface area contributed by atoms with Gasteiger partial charge in [0, 0.05) is 12.8 Å². The number of aliphatic hydroxyl groups is 1. The molecule has 0 radical (unpaired) electrons. The van der Waals surface area contributed by atoms with Crippen molar-refractivity contribution >= 4 is 11.9 Å². The number of hydrogen-bond acceptors (Lipinski definition) is 5. The molecule has 0 bridgehead atoms. The van der Waals surface area contributed by atoms with E-state index in [2.05, 4.69) is 27.7 Å². The smallest absolute Gasteiger partial charge is 0.305 e. The van der Waals surface area contributed by atoms with Gasteiger partial charge in [-0.25, -0.2) is 0 Å².